The number of nitrogens with one attached hydrogen (secondary N) is 2. The fraction of sp³-hybridized carbons (Fsp3) is 0.0625. The summed E-state index contributed by atoms with van der Waals surface area (Å²) in [5.74, 6) is 0.672. The van der Waals surface area contributed by atoms with Crippen LogP contribution in [-0.2, 0) is 4.79 Å². The van der Waals surface area contributed by atoms with Crippen LogP contribution >= 0.6 is 0 Å². The van der Waals surface area contributed by atoms with Crippen molar-refractivity contribution in [3.63, 3.8) is 0 Å². The van der Waals surface area contributed by atoms with Crippen LogP contribution < -0.4 is 15.4 Å². The zero-order valence-electron chi connectivity index (χ0n) is 11.0. The summed E-state index contributed by atoms with van der Waals surface area (Å²) in [6.07, 6.45) is 1.72. The van der Waals surface area contributed by atoms with Crippen molar-refractivity contribution in [2.24, 2.45) is 0 Å². The number of hydrogen-bond donors (Lipinski definition) is 2. The monoisotopic (exact) mass is 266 g/mol. The van der Waals surface area contributed by atoms with Crippen molar-refractivity contribution in [2.45, 2.75) is 0 Å². The first-order valence-electron chi connectivity index (χ1n) is 6.29. The van der Waals surface area contributed by atoms with Crippen LogP contribution in [0.2, 0.25) is 0 Å². The molecule has 2 N–H and O–H groups in total. The Hall–Kier alpha value is -2.75. The Bertz CT molecular complexity index is 692. The van der Waals surface area contributed by atoms with E-state index in [-0.39, 0.29) is 5.91 Å². The second kappa shape index (κ2) is 5.09. The molecule has 0 saturated carbocycles. The molecule has 0 saturated heterocycles. The van der Waals surface area contributed by atoms with Crippen molar-refractivity contribution in [1.29, 1.82) is 0 Å². The van der Waals surface area contributed by atoms with Gasteiger partial charge in [-0.2, -0.15) is 0 Å². The molecule has 0 aromatic heterocycles. The maximum atomic E-state index is 11.9. The lowest BCUT2D eigenvalue weighted by Crippen LogP contribution is -2.05. The quantitative estimate of drug-likeness (QED) is 0.839. The Morgan fingerprint density at radius 2 is 2.00 bits per heavy atom. The van der Waals surface area contributed by atoms with Gasteiger partial charge in [0.1, 0.15) is 5.75 Å². The lowest BCUT2D eigenvalue weighted by Gasteiger charge is -2.05. The molecule has 1 amide bonds. The minimum absolute atomic E-state index is 0.0957. The van der Waals surface area contributed by atoms with Crippen molar-refractivity contribution >= 4 is 22.9 Å². The number of fused-ring (bicyclic) bond motifs is 1. The van der Waals surface area contributed by atoms with E-state index in [1.807, 2.05) is 48.5 Å². The first-order valence-corrected chi connectivity index (χ1v) is 6.29. The second-order valence-corrected chi connectivity index (χ2v) is 4.43. The topological polar surface area (TPSA) is 50.4 Å². The van der Waals surface area contributed by atoms with Gasteiger partial charge >= 0.3 is 0 Å². The molecule has 1 heterocycles. The van der Waals surface area contributed by atoms with Crippen LogP contribution in [0.1, 0.15) is 5.56 Å². The van der Waals surface area contributed by atoms with Crippen LogP contribution in [0.3, 0.4) is 0 Å². The van der Waals surface area contributed by atoms with Gasteiger partial charge in [-0.15, -0.1) is 0 Å². The number of para-hydroxylation sites is 1. The van der Waals surface area contributed by atoms with E-state index in [1.165, 1.54) is 0 Å². The predicted molar refractivity (Wildman–Crippen MR) is 79.7 cm³/mol. The maximum absolute atomic E-state index is 11.9. The average molecular weight is 266 g/mol. The number of rotatable bonds is 3. The lowest BCUT2D eigenvalue weighted by atomic mass is 10.1. The van der Waals surface area contributed by atoms with E-state index in [0.29, 0.717) is 5.57 Å². The molecule has 0 bridgehead atoms. The SMILES string of the molecule is COc1cccc(N/C=C2\C(=O)Nc3ccccc32)c1. The van der Waals surface area contributed by atoms with Crippen LogP contribution in [0.5, 0.6) is 5.75 Å². The molecule has 0 spiro atoms. The highest BCUT2D eigenvalue weighted by molar-refractivity contribution is 6.31. The van der Waals surface area contributed by atoms with Gasteiger partial charge in [0.15, 0.2) is 0 Å². The van der Waals surface area contributed by atoms with Crippen molar-refractivity contribution in [1.82, 2.24) is 0 Å². The molecule has 3 rings (SSSR count). The highest BCUT2D eigenvalue weighted by Gasteiger charge is 2.23. The highest BCUT2D eigenvalue weighted by Crippen LogP contribution is 2.31. The Morgan fingerprint density at radius 3 is 2.85 bits per heavy atom. The molecule has 0 radical (unpaired) electrons. The van der Waals surface area contributed by atoms with Gasteiger partial charge in [-0.3, -0.25) is 4.79 Å². The van der Waals surface area contributed by atoms with Gasteiger partial charge in [-0.1, -0.05) is 24.3 Å². The van der Waals surface area contributed by atoms with E-state index in [0.717, 1.165) is 22.7 Å². The molecule has 20 heavy (non-hydrogen) atoms. The first-order chi connectivity index (χ1) is 9.78. The van der Waals surface area contributed by atoms with Crippen LogP contribution in [0.15, 0.2) is 54.7 Å². The summed E-state index contributed by atoms with van der Waals surface area (Å²) in [6.45, 7) is 0. The Labute approximate surface area is 117 Å². The summed E-state index contributed by atoms with van der Waals surface area (Å²) >= 11 is 0. The molecule has 0 fully saturated rings. The third-order valence-corrected chi connectivity index (χ3v) is 3.16. The number of amides is 1. The third kappa shape index (κ3) is 2.23. The summed E-state index contributed by atoms with van der Waals surface area (Å²) in [5, 5.41) is 5.96. The smallest absolute Gasteiger partial charge is 0.257 e. The van der Waals surface area contributed by atoms with E-state index >= 15 is 0 Å². The van der Waals surface area contributed by atoms with Gasteiger partial charge in [-0.05, 0) is 18.2 Å². The summed E-state index contributed by atoms with van der Waals surface area (Å²) in [7, 11) is 1.62. The van der Waals surface area contributed by atoms with Crippen LogP contribution in [0, 0.1) is 0 Å². The number of benzene rings is 2. The number of carbonyl (C=O) groups excluding carboxylic acids is 1. The molecule has 100 valence electrons. The molecule has 4 heteroatoms. The standard InChI is InChI=1S/C16H14N2O2/c1-20-12-6-4-5-11(9-12)17-10-14-13-7-2-3-8-15(13)18-16(14)19/h2-10,17H,1H3,(H,18,19)/b14-10-. The zero-order valence-corrected chi connectivity index (χ0v) is 11.0. The largest absolute Gasteiger partial charge is 0.497 e. The zero-order chi connectivity index (χ0) is 13.9. The van der Waals surface area contributed by atoms with E-state index in [1.54, 1.807) is 13.3 Å². The third-order valence-electron chi connectivity index (χ3n) is 3.16. The average Bonchev–Trinajstić information content (AvgIpc) is 2.81. The lowest BCUT2D eigenvalue weighted by molar-refractivity contribution is -0.110. The number of anilines is 2. The molecule has 0 atom stereocenters. The van der Waals surface area contributed by atoms with Crippen molar-refractivity contribution in [2.75, 3.05) is 17.7 Å². The van der Waals surface area contributed by atoms with E-state index < -0.39 is 0 Å². The molecule has 1 aliphatic rings. The minimum Gasteiger partial charge on any atom is -0.497 e. The van der Waals surface area contributed by atoms with Gasteiger partial charge in [-0.25, -0.2) is 0 Å². The second-order valence-electron chi connectivity index (χ2n) is 4.43. The molecular weight excluding hydrogens is 252 g/mol. The van der Waals surface area contributed by atoms with Gasteiger partial charge in [0.05, 0.1) is 12.7 Å². The molecule has 2 aromatic carbocycles. The fourth-order valence-corrected chi connectivity index (χ4v) is 2.15. The van der Waals surface area contributed by atoms with Gasteiger partial charge in [0.2, 0.25) is 0 Å². The summed E-state index contributed by atoms with van der Waals surface area (Å²) in [6, 6.07) is 15.2. The number of ether oxygens (including phenoxy) is 1. The van der Waals surface area contributed by atoms with Crippen molar-refractivity contribution in [3.8, 4) is 5.75 Å². The number of hydrogen-bond acceptors (Lipinski definition) is 3. The van der Waals surface area contributed by atoms with Crippen LogP contribution in [0.4, 0.5) is 11.4 Å². The Kier molecular flexibility index (Phi) is 3.13. The predicted octanol–water partition coefficient (Wildman–Crippen LogP) is 3.10. The molecule has 0 aliphatic carbocycles. The van der Waals surface area contributed by atoms with Gasteiger partial charge < -0.3 is 15.4 Å². The molecule has 1 aliphatic heterocycles. The van der Waals surface area contributed by atoms with Gasteiger partial charge in [0, 0.05) is 29.2 Å². The highest BCUT2D eigenvalue weighted by atomic mass is 16.5. The Morgan fingerprint density at radius 1 is 1.15 bits per heavy atom. The van der Waals surface area contributed by atoms with Crippen molar-refractivity contribution < 1.29 is 9.53 Å². The summed E-state index contributed by atoms with van der Waals surface area (Å²) in [5.41, 5.74) is 3.25. The molecule has 4 nitrogen and oxygen atoms in total. The summed E-state index contributed by atoms with van der Waals surface area (Å²) in [4.78, 5) is 11.9. The van der Waals surface area contributed by atoms with Crippen LogP contribution in [-0.4, -0.2) is 13.0 Å². The number of methoxy groups -OCH3 is 1. The molecule has 0 unspecified atom stereocenters. The van der Waals surface area contributed by atoms with E-state index in [2.05, 4.69) is 10.6 Å². The van der Waals surface area contributed by atoms with Crippen molar-refractivity contribution in [3.05, 3.63) is 60.3 Å². The first kappa shape index (κ1) is 12.3. The number of carbonyl (C=O) groups is 1. The Balaban J connectivity index is 1.87. The van der Waals surface area contributed by atoms with E-state index in [9.17, 15) is 4.79 Å². The fourth-order valence-electron chi connectivity index (χ4n) is 2.15. The van der Waals surface area contributed by atoms with E-state index in [4.69, 9.17) is 4.74 Å². The van der Waals surface area contributed by atoms with Crippen LogP contribution in [0.25, 0.3) is 5.57 Å². The minimum atomic E-state index is -0.0957. The van der Waals surface area contributed by atoms with Gasteiger partial charge in [0.25, 0.3) is 5.91 Å². The molecular formula is C16H14N2O2. The normalized spacial score (nSPS) is 14.8. The summed E-state index contributed by atoms with van der Waals surface area (Å²) < 4.78 is 5.16. The maximum Gasteiger partial charge on any atom is 0.257 e. The molecule has 2 aromatic rings.